The lowest BCUT2D eigenvalue weighted by atomic mass is 9.98. The van der Waals surface area contributed by atoms with Gasteiger partial charge in [-0.25, -0.2) is 0 Å². The summed E-state index contributed by atoms with van der Waals surface area (Å²) in [5, 5.41) is 9.28. The van der Waals surface area contributed by atoms with Crippen LogP contribution in [0.5, 0.6) is 5.75 Å². The standard InChI is InChI=1S/C21H23NO4/c23-20(19-11-10-18-17(21(24)25)12-13-22(18)19)14-6-8-16(9-7-14)26-15-4-2-1-3-5-15/h6-11,15,17H,1-5,12-13H2,(H,24,25). The predicted octanol–water partition coefficient (Wildman–Crippen LogP) is 4.00. The van der Waals surface area contributed by atoms with Crippen LogP contribution in [0.3, 0.4) is 0 Å². The summed E-state index contributed by atoms with van der Waals surface area (Å²) in [5.41, 5.74) is 1.88. The Morgan fingerprint density at radius 3 is 2.38 bits per heavy atom. The molecule has 0 bridgehead atoms. The Bertz CT molecular complexity index is 815. The number of hydrogen-bond donors (Lipinski definition) is 1. The summed E-state index contributed by atoms with van der Waals surface area (Å²) in [6, 6.07) is 10.8. The molecule has 0 saturated heterocycles. The van der Waals surface area contributed by atoms with Crippen LogP contribution in [0.2, 0.25) is 0 Å². The molecule has 1 aromatic carbocycles. The molecule has 2 aromatic rings. The number of nitrogens with zero attached hydrogens (tertiary/aromatic N) is 1. The minimum absolute atomic E-state index is 0.0773. The molecule has 1 aliphatic heterocycles. The Morgan fingerprint density at radius 1 is 0.962 bits per heavy atom. The van der Waals surface area contributed by atoms with Gasteiger partial charge in [-0.3, -0.25) is 9.59 Å². The summed E-state index contributed by atoms with van der Waals surface area (Å²) in [7, 11) is 0. The molecule has 1 saturated carbocycles. The first-order valence-electron chi connectivity index (χ1n) is 9.37. The predicted molar refractivity (Wildman–Crippen MR) is 96.8 cm³/mol. The number of ether oxygens (including phenoxy) is 1. The van der Waals surface area contributed by atoms with E-state index in [1.807, 2.05) is 16.7 Å². The SMILES string of the molecule is O=C(c1ccc(OC2CCCCC2)cc1)c1ccc2n1CCC2C(=O)O. The number of rotatable bonds is 5. The molecular formula is C21H23NO4. The number of hydrogen-bond acceptors (Lipinski definition) is 3. The van der Waals surface area contributed by atoms with Crippen molar-refractivity contribution < 1.29 is 19.4 Å². The van der Waals surface area contributed by atoms with Gasteiger partial charge in [-0.15, -0.1) is 0 Å². The van der Waals surface area contributed by atoms with E-state index in [0.29, 0.717) is 24.2 Å². The Labute approximate surface area is 152 Å². The molecule has 2 heterocycles. The summed E-state index contributed by atoms with van der Waals surface area (Å²) >= 11 is 0. The fraction of sp³-hybridized carbons (Fsp3) is 0.429. The molecule has 4 rings (SSSR count). The van der Waals surface area contributed by atoms with Crippen molar-refractivity contribution in [1.82, 2.24) is 4.57 Å². The van der Waals surface area contributed by atoms with E-state index in [1.165, 1.54) is 19.3 Å². The zero-order valence-corrected chi connectivity index (χ0v) is 14.7. The monoisotopic (exact) mass is 353 g/mol. The molecule has 1 unspecified atom stereocenters. The summed E-state index contributed by atoms with van der Waals surface area (Å²) in [6.07, 6.45) is 6.75. The summed E-state index contributed by atoms with van der Waals surface area (Å²) in [6.45, 7) is 0.573. The van der Waals surface area contributed by atoms with Gasteiger partial charge in [-0.1, -0.05) is 6.42 Å². The van der Waals surface area contributed by atoms with E-state index in [9.17, 15) is 14.7 Å². The number of fused-ring (bicyclic) bond motifs is 1. The third-order valence-corrected chi connectivity index (χ3v) is 5.52. The van der Waals surface area contributed by atoms with Gasteiger partial charge in [0, 0.05) is 17.8 Å². The lowest BCUT2D eigenvalue weighted by molar-refractivity contribution is -0.138. The van der Waals surface area contributed by atoms with Crippen LogP contribution in [-0.2, 0) is 11.3 Å². The molecule has 1 aliphatic carbocycles. The smallest absolute Gasteiger partial charge is 0.312 e. The Hall–Kier alpha value is -2.56. The molecule has 136 valence electrons. The number of carbonyl (C=O) groups is 2. The number of carboxylic acid groups (broad SMARTS) is 1. The van der Waals surface area contributed by atoms with Gasteiger partial charge in [0.2, 0.25) is 5.78 Å². The highest BCUT2D eigenvalue weighted by Crippen LogP contribution is 2.31. The van der Waals surface area contributed by atoms with E-state index in [2.05, 4.69) is 0 Å². The highest BCUT2D eigenvalue weighted by Gasteiger charge is 2.31. The van der Waals surface area contributed by atoms with Crippen molar-refractivity contribution >= 4 is 11.8 Å². The molecule has 1 N–H and O–H groups in total. The van der Waals surface area contributed by atoms with Gasteiger partial charge in [0.15, 0.2) is 0 Å². The molecule has 5 nitrogen and oxygen atoms in total. The minimum Gasteiger partial charge on any atom is -0.490 e. The molecule has 1 atom stereocenters. The van der Waals surface area contributed by atoms with Crippen molar-refractivity contribution in [3.63, 3.8) is 0 Å². The maximum Gasteiger partial charge on any atom is 0.312 e. The third kappa shape index (κ3) is 3.14. The average molecular weight is 353 g/mol. The minimum atomic E-state index is -0.829. The van der Waals surface area contributed by atoms with E-state index in [4.69, 9.17) is 4.74 Å². The van der Waals surface area contributed by atoms with E-state index in [0.717, 1.165) is 24.3 Å². The molecule has 1 aromatic heterocycles. The average Bonchev–Trinajstić information content (AvgIpc) is 3.24. The van der Waals surface area contributed by atoms with Crippen LogP contribution >= 0.6 is 0 Å². The number of ketones is 1. The first-order valence-corrected chi connectivity index (χ1v) is 9.37. The zero-order valence-electron chi connectivity index (χ0n) is 14.7. The molecule has 26 heavy (non-hydrogen) atoms. The van der Waals surface area contributed by atoms with Gasteiger partial charge in [0.05, 0.1) is 17.7 Å². The summed E-state index contributed by atoms with van der Waals surface area (Å²) < 4.78 is 7.85. The summed E-state index contributed by atoms with van der Waals surface area (Å²) in [4.78, 5) is 24.1. The second-order valence-corrected chi connectivity index (χ2v) is 7.21. The molecule has 0 amide bonds. The first kappa shape index (κ1) is 16.9. The van der Waals surface area contributed by atoms with Crippen LogP contribution in [0, 0.1) is 0 Å². The Balaban J connectivity index is 1.49. The van der Waals surface area contributed by atoms with E-state index in [-0.39, 0.29) is 11.9 Å². The molecule has 2 aliphatic rings. The fourth-order valence-electron chi connectivity index (χ4n) is 4.10. The maximum atomic E-state index is 12.8. The second-order valence-electron chi connectivity index (χ2n) is 7.21. The number of carbonyl (C=O) groups excluding carboxylic acids is 1. The van der Waals surface area contributed by atoms with Crippen molar-refractivity contribution in [2.45, 2.75) is 57.1 Å². The third-order valence-electron chi connectivity index (χ3n) is 5.52. The molecular weight excluding hydrogens is 330 g/mol. The fourth-order valence-corrected chi connectivity index (χ4v) is 4.10. The first-order chi connectivity index (χ1) is 12.6. The molecule has 0 spiro atoms. The highest BCUT2D eigenvalue weighted by molar-refractivity contribution is 6.08. The molecule has 0 radical (unpaired) electrons. The van der Waals surface area contributed by atoms with Crippen LogP contribution in [0.4, 0.5) is 0 Å². The van der Waals surface area contributed by atoms with Gasteiger partial charge in [-0.05, 0) is 68.5 Å². The van der Waals surface area contributed by atoms with Crippen molar-refractivity contribution in [1.29, 1.82) is 0 Å². The van der Waals surface area contributed by atoms with Gasteiger partial charge < -0.3 is 14.4 Å². The van der Waals surface area contributed by atoms with Gasteiger partial charge in [0.1, 0.15) is 5.75 Å². The van der Waals surface area contributed by atoms with Crippen molar-refractivity contribution in [3.05, 3.63) is 53.3 Å². The van der Waals surface area contributed by atoms with Crippen LogP contribution in [0.25, 0.3) is 0 Å². The van der Waals surface area contributed by atoms with Gasteiger partial charge >= 0.3 is 5.97 Å². The number of aliphatic carboxylic acids is 1. The van der Waals surface area contributed by atoms with Crippen LogP contribution < -0.4 is 4.74 Å². The Kier molecular flexibility index (Phi) is 4.53. The van der Waals surface area contributed by atoms with Crippen molar-refractivity contribution in [2.24, 2.45) is 0 Å². The molecule has 1 fully saturated rings. The maximum absolute atomic E-state index is 12.8. The largest absolute Gasteiger partial charge is 0.490 e. The van der Waals surface area contributed by atoms with Gasteiger partial charge in [-0.2, -0.15) is 0 Å². The van der Waals surface area contributed by atoms with Crippen LogP contribution in [0.15, 0.2) is 36.4 Å². The van der Waals surface area contributed by atoms with E-state index >= 15 is 0 Å². The second kappa shape index (κ2) is 6.98. The lowest BCUT2D eigenvalue weighted by Gasteiger charge is -2.23. The quantitative estimate of drug-likeness (QED) is 0.825. The lowest BCUT2D eigenvalue weighted by Crippen LogP contribution is -2.19. The normalized spacial score (nSPS) is 19.9. The number of benzene rings is 1. The number of aromatic nitrogens is 1. The van der Waals surface area contributed by atoms with E-state index < -0.39 is 11.9 Å². The van der Waals surface area contributed by atoms with Gasteiger partial charge in [0.25, 0.3) is 0 Å². The van der Waals surface area contributed by atoms with E-state index in [1.54, 1.807) is 24.3 Å². The number of carboxylic acids is 1. The molecule has 5 heteroatoms. The van der Waals surface area contributed by atoms with Crippen molar-refractivity contribution in [3.8, 4) is 5.75 Å². The topological polar surface area (TPSA) is 68.5 Å². The zero-order chi connectivity index (χ0) is 18.1. The van der Waals surface area contributed by atoms with Crippen molar-refractivity contribution in [2.75, 3.05) is 0 Å². The Morgan fingerprint density at radius 2 is 1.69 bits per heavy atom. The highest BCUT2D eigenvalue weighted by atomic mass is 16.5. The van der Waals surface area contributed by atoms with Crippen LogP contribution in [-0.4, -0.2) is 27.5 Å². The summed E-state index contributed by atoms with van der Waals surface area (Å²) in [5.74, 6) is -0.612. The van der Waals surface area contributed by atoms with Crippen LogP contribution in [0.1, 0.15) is 66.2 Å².